The van der Waals surface area contributed by atoms with Crippen LogP contribution in [0, 0.1) is 0 Å². The minimum atomic E-state index is -0.146. The van der Waals surface area contributed by atoms with Gasteiger partial charge in [-0.25, -0.2) is 0 Å². The van der Waals surface area contributed by atoms with Crippen LogP contribution in [0.3, 0.4) is 0 Å². The minimum absolute atomic E-state index is 0.0402. The number of halogens is 1. The van der Waals surface area contributed by atoms with E-state index in [2.05, 4.69) is 5.32 Å². The van der Waals surface area contributed by atoms with Crippen molar-refractivity contribution in [3.63, 3.8) is 0 Å². The largest absolute Gasteiger partial charge is 0.497 e. The Labute approximate surface area is 146 Å². The van der Waals surface area contributed by atoms with Gasteiger partial charge in [0.15, 0.2) is 0 Å². The van der Waals surface area contributed by atoms with Crippen molar-refractivity contribution >= 4 is 29.3 Å². The van der Waals surface area contributed by atoms with Crippen LogP contribution in [0.5, 0.6) is 5.75 Å². The maximum Gasteiger partial charge on any atom is 0.233 e. The van der Waals surface area contributed by atoms with Crippen molar-refractivity contribution in [1.82, 2.24) is 5.32 Å². The zero-order chi connectivity index (χ0) is 16.7. The number of carbonyl (C=O) groups is 1. The Balaban J connectivity index is 1.75. The van der Waals surface area contributed by atoms with E-state index in [1.54, 1.807) is 7.11 Å². The zero-order valence-corrected chi connectivity index (χ0v) is 14.8. The second kappa shape index (κ2) is 8.85. The maximum atomic E-state index is 12.1. The molecule has 0 aliphatic heterocycles. The number of hydrogen-bond donors (Lipinski definition) is 1. The monoisotopic (exact) mass is 349 g/mol. The van der Waals surface area contributed by atoms with Gasteiger partial charge in [-0.15, -0.1) is 11.8 Å². The van der Waals surface area contributed by atoms with Crippen molar-refractivity contribution in [3.8, 4) is 5.75 Å². The lowest BCUT2D eigenvalue weighted by Crippen LogP contribution is -2.32. The minimum Gasteiger partial charge on any atom is -0.497 e. The second-order valence-corrected chi connectivity index (χ2v) is 6.95. The molecule has 0 aromatic heterocycles. The molecule has 0 aliphatic rings. The first-order valence-electron chi connectivity index (χ1n) is 7.41. The van der Waals surface area contributed by atoms with Crippen LogP contribution in [-0.4, -0.2) is 24.8 Å². The second-order valence-electron chi connectivity index (χ2n) is 5.10. The molecule has 2 aromatic rings. The lowest BCUT2D eigenvalue weighted by atomic mass is 10.1. The third kappa shape index (κ3) is 5.81. The Kier molecular flexibility index (Phi) is 6.81. The summed E-state index contributed by atoms with van der Waals surface area (Å²) in [4.78, 5) is 13.2. The van der Waals surface area contributed by atoms with Crippen molar-refractivity contribution in [3.05, 3.63) is 59.1 Å². The highest BCUT2D eigenvalue weighted by Crippen LogP contribution is 2.24. The third-order valence-electron chi connectivity index (χ3n) is 3.37. The van der Waals surface area contributed by atoms with E-state index in [1.165, 1.54) is 17.3 Å². The first-order chi connectivity index (χ1) is 11.1. The zero-order valence-electron chi connectivity index (χ0n) is 13.2. The quantitative estimate of drug-likeness (QED) is 0.762. The fraction of sp³-hybridized carbons (Fsp3) is 0.278. The van der Waals surface area contributed by atoms with Gasteiger partial charge in [0, 0.05) is 16.5 Å². The van der Waals surface area contributed by atoms with E-state index >= 15 is 0 Å². The standard InChI is InChI=1S/C18H20ClNO2S/c1-13(23-17-9-5-15(19)6-10-17)18(21)20-12-11-14-3-7-16(22-2)8-4-14/h3-10,13H,11-12H2,1-2H3,(H,20,21). The van der Waals surface area contributed by atoms with Crippen LogP contribution in [-0.2, 0) is 11.2 Å². The van der Waals surface area contributed by atoms with Crippen LogP contribution in [0.25, 0.3) is 0 Å². The van der Waals surface area contributed by atoms with E-state index in [0.717, 1.165) is 17.1 Å². The van der Waals surface area contributed by atoms with Crippen LogP contribution in [0.4, 0.5) is 0 Å². The van der Waals surface area contributed by atoms with Gasteiger partial charge in [0.2, 0.25) is 5.91 Å². The van der Waals surface area contributed by atoms with Crippen LogP contribution in [0.1, 0.15) is 12.5 Å². The number of ether oxygens (including phenoxy) is 1. The number of benzene rings is 2. The molecule has 5 heteroatoms. The number of methoxy groups -OCH3 is 1. The number of thioether (sulfide) groups is 1. The molecule has 0 radical (unpaired) electrons. The van der Waals surface area contributed by atoms with E-state index in [1.807, 2.05) is 55.5 Å². The summed E-state index contributed by atoms with van der Waals surface area (Å²) in [5.74, 6) is 0.879. The molecule has 0 saturated heterocycles. The molecule has 0 fully saturated rings. The number of amides is 1. The van der Waals surface area contributed by atoms with Gasteiger partial charge in [-0.05, 0) is 55.3 Å². The summed E-state index contributed by atoms with van der Waals surface area (Å²) in [6.45, 7) is 2.53. The number of carbonyl (C=O) groups excluding carboxylic acids is 1. The van der Waals surface area contributed by atoms with Crippen molar-refractivity contribution in [1.29, 1.82) is 0 Å². The highest BCUT2D eigenvalue weighted by Gasteiger charge is 2.13. The van der Waals surface area contributed by atoms with Crippen LogP contribution >= 0.6 is 23.4 Å². The Hall–Kier alpha value is -1.65. The normalized spacial score (nSPS) is 11.8. The summed E-state index contributed by atoms with van der Waals surface area (Å²) < 4.78 is 5.13. The molecule has 2 rings (SSSR count). The highest BCUT2D eigenvalue weighted by molar-refractivity contribution is 8.00. The smallest absolute Gasteiger partial charge is 0.233 e. The molecule has 2 aromatic carbocycles. The summed E-state index contributed by atoms with van der Waals surface area (Å²) >= 11 is 7.38. The van der Waals surface area contributed by atoms with Crippen molar-refractivity contribution in [2.75, 3.05) is 13.7 Å². The average molecular weight is 350 g/mol. The molecule has 0 aliphatic carbocycles. The Bertz CT molecular complexity index is 628. The van der Waals surface area contributed by atoms with Crippen molar-refractivity contribution < 1.29 is 9.53 Å². The molecular formula is C18H20ClNO2S. The van der Waals surface area contributed by atoms with Gasteiger partial charge < -0.3 is 10.1 Å². The SMILES string of the molecule is COc1ccc(CCNC(=O)C(C)Sc2ccc(Cl)cc2)cc1. The molecule has 1 unspecified atom stereocenters. The van der Waals surface area contributed by atoms with E-state index < -0.39 is 0 Å². The molecule has 1 N–H and O–H groups in total. The molecule has 122 valence electrons. The number of hydrogen-bond acceptors (Lipinski definition) is 3. The van der Waals surface area contributed by atoms with E-state index in [0.29, 0.717) is 11.6 Å². The van der Waals surface area contributed by atoms with Crippen molar-refractivity contribution in [2.24, 2.45) is 0 Å². The summed E-state index contributed by atoms with van der Waals surface area (Å²) in [6.07, 6.45) is 0.800. The molecule has 1 amide bonds. The maximum absolute atomic E-state index is 12.1. The summed E-state index contributed by atoms with van der Waals surface area (Å²) in [7, 11) is 1.65. The molecule has 0 spiro atoms. The number of rotatable bonds is 7. The van der Waals surface area contributed by atoms with Crippen LogP contribution in [0.2, 0.25) is 5.02 Å². The average Bonchev–Trinajstić information content (AvgIpc) is 2.57. The van der Waals surface area contributed by atoms with Gasteiger partial charge >= 0.3 is 0 Å². The lowest BCUT2D eigenvalue weighted by Gasteiger charge is -2.12. The Morgan fingerprint density at radius 1 is 1.17 bits per heavy atom. The first kappa shape index (κ1) is 17.7. The Morgan fingerprint density at radius 3 is 2.43 bits per heavy atom. The molecule has 3 nitrogen and oxygen atoms in total. The molecule has 23 heavy (non-hydrogen) atoms. The summed E-state index contributed by atoms with van der Waals surface area (Å²) in [5, 5.41) is 3.53. The lowest BCUT2D eigenvalue weighted by molar-refractivity contribution is -0.120. The fourth-order valence-corrected chi connectivity index (χ4v) is 3.05. The molecule has 0 heterocycles. The topological polar surface area (TPSA) is 38.3 Å². The van der Waals surface area contributed by atoms with E-state index in [4.69, 9.17) is 16.3 Å². The van der Waals surface area contributed by atoms with Crippen LogP contribution < -0.4 is 10.1 Å². The predicted molar refractivity (Wildman–Crippen MR) is 96.5 cm³/mol. The van der Waals surface area contributed by atoms with E-state index in [9.17, 15) is 4.79 Å². The molecule has 1 atom stereocenters. The van der Waals surface area contributed by atoms with Gasteiger partial charge in [0.1, 0.15) is 5.75 Å². The van der Waals surface area contributed by atoms with Crippen LogP contribution in [0.15, 0.2) is 53.4 Å². The van der Waals surface area contributed by atoms with Crippen molar-refractivity contribution in [2.45, 2.75) is 23.5 Å². The third-order valence-corrected chi connectivity index (χ3v) is 4.73. The van der Waals surface area contributed by atoms with E-state index in [-0.39, 0.29) is 11.2 Å². The van der Waals surface area contributed by atoms with Gasteiger partial charge in [-0.1, -0.05) is 23.7 Å². The summed E-state index contributed by atoms with van der Waals surface area (Å²) in [5.41, 5.74) is 1.17. The fourth-order valence-electron chi connectivity index (χ4n) is 2.04. The van der Waals surface area contributed by atoms with Gasteiger partial charge in [-0.2, -0.15) is 0 Å². The van der Waals surface area contributed by atoms with Gasteiger partial charge in [0.05, 0.1) is 12.4 Å². The molecule has 0 saturated carbocycles. The molecule has 0 bridgehead atoms. The van der Waals surface area contributed by atoms with Gasteiger partial charge in [-0.3, -0.25) is 4.79 Å². The molecular weight excluding hydrogens is 330 g/mol. The highest BCUT2D eigenvalue weighted by atomic mass is 35.5. The first-order valence-corrected chi connectivity index (χ1v) is 8.67. The number of nitrogens with one attached hydrogen (secondary N) is 1. The van der Waals surface area contributed by atoms with Gasteiger partial charge in [0.25, 0.3) is 0 Å². The predicted octanol–water partition coefficient (Wildman–Crippen LogP) is 4.19. The Morgan fingerprint density at radius 2 is 1.83 bits per heavy atom. The summed E-state index contributed by atoms with van der Waals surface area (Å²) in [6, 6.07) is 15.4.